The SMILES string of the molecule is CC1(C)CC(=O)CC(C)(C(=O)O)N1. The highest BCUT2D eigenvalue weighted by Gasteiger charge is 2.44. The van der Waals surface area contributed by atoms with Gasteiger partial charge in [0, 0.05) is 18.4 Å². The second-order valence-electron chi connectivity index (χ2n) is 4.54. The average molecular weight is 185 g/mol. The van der Waals surface area contributed by atoms with Crippen molar-refractivity contribution in [2.45, 2.75) is 44.7 Å². The summed E-state index contributed by atoms with van der Waals surface area (Å²) in [6.07, 6.45) is 0.474. The largest absolute Gasteiger partial charge is 0.480 e. The second-order valence-corrected chi connectivity index (χ2v) is 4.54. The van der Waals surface area contributed by atoms with Crippen LogP contribution in [0, 0.1) is 0 Å². The molecule has 0 amide bonds. The van der Waals surface area contributed by atoms with Crippen molar-refractivity contribution in [2.24, 2.45) is 0 Å². The molecule has 13 heavy (non-hydrogen) atoms. The number of nitrogens with one attached hydrogen (secondary N) is 1. The van der Waals surface area contributed by atoms with Crippen molar-refractivity contribution in [1.82, 2.24) is 5.32 Å². The standard InChI is InChI=1S/C9H15NO3/c1-8(2)4-6(11)5-9(3,10-8)7(12)13/h10H,4-5H2,1-3H3,(H,12,13). The minimum atomic E-state index is -1.10. The molecule has 1 atom stereocenters. The molecule has 1 rings (SSSR count). The Morgan fingerprint density at radius 1 is 1.38 bits per heavy atom. The van der Waals surface area contributed by atoms with Gasteiger partial charge in [-0.2, -0.15) is 0 Å². The quantitative estimate of drug-likeness (QED) is 0.626. The smallest absolute Gasteiger partial charge is 0.324 e. The van der Waals surface area contributed by atoms with Crippen LogP contribution < -0.4 is 5.32 Å². The van der Waals surface area contributed by atoms with Gasteiger partial charge < -0.3 is 5.11 Å². The Hall–Kier alpha value is -0.900. The first-order valence-corrected chi connectivity index (χ1v) is 4.30. The third kappa shape index (κ3) is 2.06. The minimum Gasteiger partial charge on any atom is -0.480 e. The number of aliphatic carboxylic acids is 1. The van der Waals surface area contributed by atoms with Crippen molar-refractivity contribution in [2.75, 3.05) is 0 Å². The van der Waals surface area contributed by atoms with E-state index in [1.165, 1.54) is 0 Å². The van der Waals surface area contributed by atoms with Gasteiger partial charge in [0.05, 0.1) is 0 Å². The Bertz CT molecular complexity index is 260. The summed E-state index contributed by atoms with van der Waals surface area (Å²) in [4.78, 5) is 22.2. The fraction of sp³-hybridized carbons (Fsp3) is 0.778. The number of hydrogen-bond acceptors (Lipinski definition) is 3. The topological polar surface area (TPSA) is 66.4 Å². The number of rotatable bonds is 1. The molecule has 0 aromatic carbocycles. The van der Waals surface area contributed by atoms with Crippen LogP contribution in [0.4, 0.5) is 0 Å². The molecule has 2 N–H and O–H groups in total. The van der Waals surface area contributed by atoms with Gasteiger partial charge in [-0.15, -0.1) is 0 Å². The van der Waals surface area contributed by atoms with E-state index in [4.69, 9.17) is 5.11 Å². The van der Waals surface area contributed by atoms with Crippen LogP contribution in [0.25, 0.3) is 0 Å². The highest BCUT2D eigenvalue weighted by Crippen LogP contribution is 2.26. The Morgan fingerprint density at radius 3 is 2.31 bits per heavy atom. The third-order valence-corrected chi connectivity index (χ3v) is 2.28. The van der Waals surface area contributed by atoms with Gasteiger partial charge in [-0.1, -0.05) is 0 Å². The molecular formula is C9H15NO3. The molecule has 0 aromatic heterocycles. The van der Waals surface area contributed by atoms with Crippen molar-refractivity contribution < 1.29 is 14.7 Å². The lowest BCUT2D eigenvalue weighted by atomic mass is 9.81. The van der Waals surface area contributed by atoms with E-state index < -0.39 is 17.0 Å². The molecule has 1 aliphatic heterocycles. The predicted molar refractivity (Wildman–Crippen MR) is 47.5 cm³/mol. The van der Waals surface area contributed by atoms with E-state index in [0.29, 0.717) is 6.42 Å². The lowest BCUT2D eigenvalue weighted by molar-refractivity contribution is -0.149. The molecule has 0 saturated carbocycles. The summed E-state index contributed by atoms with van der Waals surface area (Å²) < 4.78 is 0. The van der Waals surface area contributed by atoms with Crippen LogP contribution in [0.2, 0.25) is 0 Å². The summed E-state index contributed by atoms with van der Waals surface area (Å²) in [5.74, 6) is -0.956. The van der Waals surface area contributed by atoms with Crippen LogP contribution in [0.1, 0.15) is 33.6 Å². The highest BCUT2D eigenvalue weighted by molar-refractivity contribution is 5.90. The van der Waals surface area contributed by atoms with Crippen LogP contribution in [0.5, 0.6) is 0 Å². The molecule has 74 valence electrons. The number of hydrogen-bond donors (Lipinski definition) is 2. The molecule has 0 radical (unpaired) electrons. The van der Waals surface area contributed by atoms with E-state index in [1.807, 2.05) is 13.8 Å². The summed E-state index contributed by atoms with van der Waals surface area (Å²) in [6.45, 7) is 5.23. The van der Waals surface area contributed by atoms with Crippen molar-refractivity contribution in [3.8, 4) is 0 Å². The van der Waals surface area contributed by atoms with Gasteiger partial charge in [0.1, 0.15) is 11.3 Å². The van der Waals surface area contributed by atoms with Gasteiger partial charge in [0.2, 0.25) is 0 Å². The number of carboxylic acids is 1. The second kappa shape index (κ2) is 2.80. The zero-order chi connectivity index (χ0) is 10.3. The maximum absolute atomic E-state index is 11.3. The third-order valence-electron chi connectivity index (χ3n) is 2.28. The molecule has 0 bridgehead atoms. The molecule has 1 heterocycles. The van der Waals surface area contributed by atoms with E-state index in [1.54, 1.807) is 6.92 Å². The Kier molecular flexibility index (Phi) is 2.20. The number of Topliss-reactive ketones (excluding diaryl/α,β-unsaturated/α-hetero) is 1. The minimum absolute atomic E-state index is 0.00801. The van der Waals surface area contributed by atoms with Gasteiger partial charge in [0.25, 0.3) is 0 Å². The predicted octanol–water partition coefficient (Wildman–Crippen LogP) is 0.561. The van der Waals surface area contributed by atoms with E-state index in [2.05, 4.69) is 5.32 Å². The van der Waals surface area contributed by atoms with E-state index in [9.17, 15) is 9.59 Å². The number of carbonyl (C=O) groups is 2. The number of carboxylic acid groups (broad SMARTS) is 1. The summed E-state index contributed by atoms with van der Waals surface area (Å²) in [7, 11) is 0. The van der Waals surface area contributed by atoms with Gasteiger partial charge >= 0.3 is 5.97 Å². The van der Waals surface area contributed by atoms with E-state index in [-0.39, 0.29) is 12.2 Å². The van der Waals surface area contributed by atoms with Crippen LogP contribution in [-0.4, -0.2) is 27.9 Å². The normalized spacial score (nSPS) is 33.0. The molecule has 1 aliphatic rings. The van der Waals surface area contributed by atoms with Crippen LogP contribution in [-0.2, 0) is 9.59 Å². The molecule has 0 aliphatic carbocycles. The van der Waals surface area contributed by atoms with Crippen molar-refractivity contribution in [1.29, 1.82) is 0 Å². The van der Waals surface area contributed by atoms with Crippen LogP contribution in [0.3, 0.4) is 0 Å². The molecular weight excluding hydrogens is 170 g/mol. The summed E-state index contributed by atoms with van der Waals surface area (Å²) >= 11 is 0. The highest BCUT2D eigenvalue weighted by atomic mass is 16.4. The van der Waals surface area contributed by atoms with Crippen molar-refractivity contribution >= 4 is 11.8 Å². The number of ketones is 1. The fourth-order valence-electron chi connectivity index (χ4n) is 1.91. The van der Waals surface area contributed by atoms with E-state index >= 15 is 0 Å². The molecule has 0 aromatic rings. The first-order chi connectivity index (χ1) is 5.75. The summed E-state index contributed by atoms with van der Waals surface area (Å²) in [5.41, 5.74) is -1.51. The Balaban J connectivity index is 2.91. The first kappa shape index (κ1) is 10.2. The van der Waals surface area contributed by atoms with Crippen molar-refractivity contribution in [3.05, 3.63) is 0 Å². The van der Waals surface area contributed by atoms with Gasteiger partial charge in [-0.3, -0.25) is 14.9 Å². The van der Waals surface area contributed by atoms with Crippen molar-refractivity contribution in [3.63, 3.8) is 0 Å². The van der Waals surface area contributed by atoms with Crippen LogP contribution >= 0.6 is 0 Å². The molecule has 1 unspecified atom stereocenters. The maximum Gasteiger partial charge on any atom is 0.324 e. The lowest BCUT2D eigenvalue weighted by Gasteiger charge is -2.40. The maximum atomic E-state index is 11.3. The molecule has 4 nitrogen and oxygen atoms in total. The fourth-order valence-corrected chi connectivity index (χ4v) is 1.91. The molecule has 1 saturated heterocycles. The van der Waals surface area contributed by atoms with Gasteiger partial charge in [-0.25, -0.2) is 0 Å². The van der Waals surface area contributed by atoms with Crippen LogP contribution in [0.15, 0.2) is 0 Å². The average Bonchev–Trinajstić information content (AvgIpc) is 1.79. The van der Waals surface area contributed by atoms with Gasteiger partial charge in [0.15, 0.2) is 0 Å². The lowest BCUT2D eigenvalue weighted by Crippen LogP contribution is -2.63. The Labute approximate surface area is 77.3 Å². The summed E-state index contributed by atoms with van der Waals surface area (Å²) in [5, 5.41) is 11.9. The molecule has 1 fully saturated rings. The number of piperidine rings is 1. The Morgan fingerprint density at radius 2 is 1.92 bits per heavy atom. The summed E-state index contributed by atoms with van der Waals surface area (Å²) in [6, 6.07) is 0. The zero-order valence-electron chi connectivity index (χ0n) is 8.18. The zero-order valence-corrected chi connectivity index (χ0v) is 8.18. The number of carbonyl (C=O) groups excluding carboxylic acids is 1. The first-order valence-electron chi connectivity index (χ1n) is 4.30. The molecule has 0 spiro atoms. The molecule has 4 heteroatoms. The van der Waals surface area contributed by atoms with Gasteiger partial charge in [-0.05, 0) is 20.8 Å². The monoisotopic (exact) mass is 185 g/mol. The van der Waals surface area contributed by atoms with E-state index in [0.717, 1.165) is 0 Å².